The number of aromatic nitrogens is 3. The van der Waals surface area contributed by atoms with Crippen molar-refractivity contribution in [1.82, 2.24) is 14.1 Å². The molecule has 0 bridgehead atoms. The van der Waals surface area contributed by atoms with Gasteiger partial charge in [0.15, 0.2) is 0 Å². The molecule has 118 valence electrons. The van der Waals surface area contributed by atoms with Gasteiger partial charge in [0, 0.05) is 24.4 Å². The molecule has 3 rings (SSSR count). The summed E-state index contributed by atoms with van der Waals surface area (Å²) in [6.45, 7) is 2.54. The first-order chi connectivity index (χ1) is 10.6. The molecule has 0 aliphatic carbocycles. The number of hydrogen-bond acceptors (Lipinski definition) is 5. The molecule has 2 aromatic rings. The van der Waals surface area contributed by atoms with Crippen molar-refractivity contribution in [2.75, 3.05) is 6.61 Å². The lowest BCUT2D eigenvalue weighted by molar-refractivity contribution is 0.0503. The summed E-state index contributed by atoms with van der Waals surface area (Å²) in [6, 6.07) is 0. The van der Waals surface area contributed by atoms with E-state index >= 15 is 0 Å². The van der Waals surface area contributed by atoms with Crippen LogP contribution in [0.3, 0.4) is 0 Å². The molecule has 2 aromatic heterocycles. The summed E-state index contributed by atoms with van der Waals surface area (Å²) in [7, 11) is 0. The summed E-state index contributed by atoms with van der Waals surface area (Å²) >= 11 is 1.46. The molecule has 6 nitrogen and oxygen atoms in total. The van der Waals surface area contributed by atoms with Crippen LogP contribution in [0.15, 0.2) is 21.3 Å². The van der Waals surface area contributed by atoms with Gasteiger partial charge in [-0.05, 0) is 19.8 Å². The molecule has 8 heteroatoms. The Labute approximate surface area is 129 Å². The third kappa shape index (κ3) is 2.76. The van der Waals surface area contributed by atoms with Crippen LogP contribution < -0.4 is 11.2 Å². The van der Waals surface area contributed by atoms with Gasteiger partial charge in [-0.2, -0.15) is 4.39 Å². The van der Waals surface area contributed by atoms with E-state index in [0.717, 1.165) is 27.8 Å². The number of aryl methyl sites for hydroxylation is 2. The van der Waals surface area contributed by atoms with Crippen molar-refractivity contribution >= 4 is 11.3 Å². The largest absolute Gasteiger partial charge is 0.358 e. The molecule has 0 aromatic carbocycles. The van der Waals surface area contributed by atoms with E-state index in [1.54, 1.807) is 5.51 Å². The van der Waals surface area contributed by atoms with E-state index in [-0.39, 0.29) is 6.54 Å². The van der Waals surface area contributed by atoms with Crippen LogP contribution in [0.25, 0.3) is 0 Å². The molecule has 0 radical (unpaired) electrons. The second-order valence-electron chi connectivity index (χ2n) is 5.20. The normalized spacial score (nSPS) is 18.0. The maximum Gasteiger partial charge on any atom is 0.333 e. The third-order valence-electron chi connectivity index (χ3n) is 3.78. The van der Waals surface area contributed by atoms with Gasteiger partial charge in [0.2, 0.25) is 5.82 Å². The van der Waals surface area contributed by atoms with Crippen LogP contribution in [0, 0.1) is 12.7 Å². The number of halogens is 1. The molecule has 1 aliphatic rings. The maximum atomic E-state index is 13.9. The number of rotatable bonds is 4. The lowest BCUT2D eigenvalue weighted by atomic mass is 10.3. The van der Waals surface area contributed by atoms with E-state index < -0.39 is 23.3 Å². The van der Waals surface area contributed by atoms with Crippen LogP contribution in [0.1, 0.15) is 29.6 Å². The summed E-state index contributed by atoms with van der Waals surface area (Å²) in [5.41, 5.74) is 1.17. The monoisotopic (exact) mass is 325 g/mol. The van der Waals surface area contributed by atoms with Gasteiger partial charge in [0.25, 0.3) is 5.56 Å². The SMILES string of the molecule is Cc1ncsc1CCn1c(=O)c(F)cn(C2CCCO2)c1=O. The average Bonchev–Trinajstić information content (AvgIpc) is 3.15. The Bertz CT molecular complexity index is 789. The number of thiazole rings is 1. The minimum atomic E-state index is -0.934. The highest BCUT2D eigenvalue weighted by Gasteiger charge is 2.22. The van der Waals surface area contributed by atoms with Gasteiger partial charge in [-0.3, -0.25) is 13.9 Å². The Morgan fingerprint density at radius 2 is 2.32 bits per heavy atom. The molecule has 0 spiro atoms. The van der Waals surface area contributed by atoms with Crippen LogP contribution in [0.5, 0.6) is 0 Å². The third-order valence-corrected chi connectivity index (χ3v) is 4.77. The van der Waals surface area contributed by atoms with Crippen molar-refractivity contribution in [2.24, 2.45) is 0 Å². The molecule has 0 saturated carbocycles. The molecule has 1 atom stereocenters. The van der Waals surface area contributed by atoms with Gasteiger partial charge in [0.1, 0.15) is 6.23 Å². The average molecular weight is 325 g/mol. The van der Waals surface area contributed by atoms with Crippen LogP contribution in [0.2, 0.25) is 0 Å². The van der Waals surface area contributed by atoms with Crippen LogP contribution >= 0.6 is 11.3 Å². The smallest absolute Gasteiger partial charge is 0.333 e. The summed E-state index contributed by atoms with van der Waals surface area (Å²) < 4.78 is 21.4. The van der Waals surface area contributed by atoms with Crippen molar-refractivity contribution in [3.63, 3.8) is 0 Å². The zero-order chi connectivity index (χ0) is 15.7. The Balaban J connectivity index is 1.94. The quantitative estimate of drug-likeness (QED) is 0.854. The first kappa shape index (κ1) is 15.1. The van der Waals surface area contributed by atoms with Gasteiger partial charge < -0.3 is 4.74 Å². The Morgan fingerprint density at radius 1 is 1.50 bits per heavy atom. The van der Waals surface area contributed by atoms with Gasteiger partial charge in [0.05, 0.1) is 17.4 Å². The van der Waals surface area contributed by atoms with E-state index in [0.29, 0.717) is 19.4 Å². The van der Waals surface area contributed by atoms with Gasteiger partial charge in [-0.25, -0.2) is 9.78 Å². The summed E-state index contributed by atoms with van der Waals surface area (Å²) in [4.78, 5) is 29.5. The molecule has 1 saturated heterocycles. The van der Waals surface area contributed by atoms with E-state index in [2.05, 4.69) is 4.98 Å². The highest BCUT2D eigenvalue weighted by atomic mass is 32.1. The zero-order valence-electron chi connectivity index (χ0n) is 12.1. The topological polar surface area (TPSA) is 66.1 Å². The maximum absolute atomic E-state index is 13.9. The van der Waals surface area contributed by atoms with E-state index in [1.807, 2.05) is 6.92 Å². The molecular weight excluding hydrogens is 309 g/mol. The number of nitrogens with zero attached hydrogens (tertiary/aromatic N) is 3. The van der Waals surface area contributed by atoms with E-state index in [1.165, 1.54) is 15.9 Å². The summed E-state index contributed by atoms with van der Waals surface area (Å²) in [6.07, 6.45) is 2.40. The lowest BCUT2D eigenvalue weighted by Crippen LogP contribution is -2.42. The van der Waals surface area contributed by atoms with Gasteiger partial charge >= 0.3 is 5.69 Å². The van der Waals surface area contributed by atoms with Crippen molar-refractivity contribution < 1.29 is 9.13 Å². The van der Waals surface area contributed by atoms with E-state index in [4.69, 9.17) is 4.74 Å². The predicted octanol–water partition coefficient (Wildman–Crippen LogP) is 1.47. The fourth-order valence-corrected chi connectivity index (χ4v) is 3.32. The second kappa shape index (κ2) is 6.13. The van der Waals surface area contributed by atoms with Crippen molar-refractivity contribution in [1.29, 1.82) is 0 Å². The molecular formula is C14H16FN3O3S. The number of hydrogen-bond donors (Lipinski definition) is 0. The van der Waals surface area contributed by atoms with Gasteiger partial charge in [-0.15, -0.1) is 11.3 Å². The lowest BCUT2D eigenvalue weighted by Gasteiger charge is -2.15. The molecule has 0 N–H and O–H groups in total. The van der Waals surface area contributed by atoms with Crippen LogP contribution in [-0.4, -0.2) is 20.7 Å². The first-order valence-electron chi connectivity index (χ1n) is 7.10. The Morgan fingerprint density at radius 3 is 2.95 bits per heavy atom. The number of ether oxygens (including phenoxy) is 1. The minimum Gasteiger partial charge on any atom is -0.358 e. The summed E-state index contributed by atoms with van der Waals surface area (Å²) in [5.74, 6) is -0.934. The van der Waals surface area contributed by atoms with Gasteiger partial charge in [-0.1, -0.05) is 0 Å². The van der Waals surface area contributed by atoms with Crippen molar-refractivity contribution in [3.05, 3.63) is 48.9 Å². The molecule has 1 unspecified atom stereocenters. The van der Waals surface area contributed by atoms with E-state index in [9.17, 15) is 14.0 Å². The van der Waals surface area contributed by atoms with Crippen molar-refractivity contribution in [2.45, 2.75) is 39.0 Å². The second-order valence-corrected chi connectivity index (χ2v) is 6.14. The zero-order valence-corrected chi connectivity index (χ0v) is 12.9. The van der Waals surface area contributed by atoms with Crippen LogP contribution in [-0.2, 0) is 17.7 Å². The van der Waals surface area contributed by atoms with Crippen molar-refractivity contribution in [3.8, 4) is 0 Å². The first-order valence-corrected chi connectivity index (χ1v) is 7.98. The Hall–Kier alpha value is -1.80. The molecule has 1 fully saturated rings. The predicted molar refractivity (Wildman–Crippen MR) is 79.7 cm³/mol. The summed E-state index contributed by atoms with van der Waals surface area (Å²) in [5, 5.41) is 0. The molecule has 1 aliphatic heterocycles. The molecule has 0 amide bonds. The standard InChI is InChI=1S/C14H16FN3O3S/c1-9-11(22-8-16-9)4-5-17-13(19)10(15)7-18(14(17)20)12-3-2-6-21-12/h7-8,12H,2-6H2,1H3. The van der Waals surface area contributed by atoms with Crippen LogP contribution in [0.4, 0.5) is 4.39 Å². The fraction of sp³-hybridized carbons (Fsp3) is 0.500. The minimum absolute atomic E-state index is 0.130. The fourth-order valence-electron chi connectivity index (χ4n) is 2.55. The highest BCUT2D eigenvalue weighted by molar-refractivity contribution is 7.09. The highest BCUT2D eigenvalue weighted by Crippen LogP contribution is 2.20. The molecule has 22 heavy (non-hydrogen) atoms. The Kier molecular flexibility index (Phi) is 4.21. The molecule has 3 heterocycles.